The van der Waals surface area contributed by atoms with E-state index in [-0.39, 0.29) is 6.42 Å². The van der Waals surface area contributed by atoms with Gasteiger partial charge in [0.1, 0.15) is 0 Å². The van der Waals surface area contributed by atoms with E-state index in [1.807, 2.05) is 12.1 Å². The molecule has 0 radical (unpaired) electrons. The van der Waals surface area contributed by atoms with Crippen molar-refractivity contribution in [3.8, 4) is 6.07 Å². The van der Waals surface area contributed by atoms with Crippen LogP contribution in [0.2, 0.25) is 0 Å². The number of hydrogen-bond donors (Lipinski definition) is 2. The van der Waals surface area contributed by atoms with Crippen LogP contribution < -0.4 is 10.0 Å². The summed E-state index contributed by atoms with van der Waals surface area (Å²) in [5.41, 5.74) is 2.66. The summed E-state index contributed by atoms with van der Waals surface area (Å²) in [6, 6.07) is 7.18. The zero-order valence-corrected chi connectivity index (χ0v) is 10.9. The van der Waals surface area contributed by atoms with Gasteiger partial charge in [0.05, 0.1) is 6.07 Å². The molecule has 0 amide bonds. The van der Waals surface area contributed by atoms with Crippen molar-refractivity contribution in [1.82, 2.24) is 0 Å². The maximum absolute atomic E-state index is 11.9. The molecule has 0 aliphatic carbocycles. The van der Waals surface area contributed by atoms with Gasteiger partial charge in [-0.3, -0.25) is 4.72 Å². The largest absolute Gasteiger partial charge is 0.384 e. The lowest BCUT2D eigenvalue weighted by atomic mass is 10.1. The lowest BCUT2D eigenvalue weighted by Crippen LogP contribution is -2.25. The number of benzene rings is 1. The average Bonchev–Trinajstić information content (AvgIpc) is 2.76. The van der Waals surface area contributed by atoms with Crippen molar-refractivity contribution < 1.29 is 8.42 Å². The summed E-state index contributed by atoms with van der Waals surface area (Å²) < 4.78 is 26.3. The number of sulfonamides is 1. The predicted molar refractivity (Wildman–Crippen MR) is 70.9 cm³/mol. The first kappa shape index (κ1) is 12.7. The summed E-state index contributed by atoms with van der Waals surface area (Å²) in [5.74, 6) is 0. The van der Waals surface area contributed by atoms with Gasteiger partial charge in [-0.2, -0.15) is 5.26 Å². The van der Waals surface area contributed by atoms with E-state index < -0.39 is 15.3 Å². The van der Waals surface area contributed by atoms with Gasteiger partial charge in [0.15, 0.2) is 5.25 Å². The maximum atomic E-state index is 11.9. The quantitative estimate of drug-likeness (QED) is 0.868. The van der Waals surface area contributed by atoms with E-state index in [4.69, 9.17) is 5.26 Å². The highest BCUT2D eigenvalue weighted by atomic mass is 32.2. The van der Waals surface area contributed by atoms with E-state index in [2.05, 4.69) is 10.0 Å². The van der Waals surface area contributed by atoms with E-state index in [9.17, 15) is 8.42 Å². The van der Waals surface area contributed by atoms with Crippen molar-refractivity contribution in [2.75, 3.05) is 16.6 Å². The Kier molecular flexibility index (Phi) is 3.43. The van der Waals surface area contributed by atoms with Crippen LogP contribution in [0.1, 0.15) is 18.9 Å². The summed E-state index contributed by atoms with van der Waals surface area (Å²) in [4.78, 5) is 0. The molecule has 0 aromatic heterocycles. The Morgan fingerprint density at radius 1 is 1.56 bits per heavy atom. The van der Waals surface area contributed by atoms with Crippen LogP contribution in [0.15, 0.2) is 18.2 Å². The molecule has 0 fully saturated rings. The van der Waals surface area contributed by atoms with Crippen molar-refractivity contribution in [3.63, 3.8) is 0 Å². The number of nitrogens with one attached hydrogen (secondary N) is 2. The van der Waals surface area contributed by atoms with Gasteiger partial charge in [-0.15, -0.1) is 0 Å². The van der Waals surface area contributed by atoms with Crippen molar-refractivity contribution in [2.24, 2.45) is 0 Å². The van der Waals surface area contributed by atoms with Crippen LogP contribution in [-0.4, -0.2) is 20.2 Å². The van der Waals surface area contributed by atoms with Crippen molar-refractivity contribution in [1.29, 1.82) is 5.26 Å². The molecule has 0 saturated heterocycles. The molecule has 1 aliphatic heterocycles. The second-order valence-electron chi connectivity index (χ2n) is 4.22. The second-order valence-corrected chi connectivity index (χ2v) is 6.08. The van der Waals surface area contributed by atoms with Crippen LogP contribution in [0.3, 0.4) is 0 Å². The normalized spacial score (nSPS) is 15.3. The molecule has 1 aliphatic rings. The minimum absolute atomic E-state index is 0.276. The average molecular weight is 265 g/mol. The van der Waals surface area contributed by atoms with Crippen LogP contribution in [0.4, 0.5) is 11.4 Å². The Morgan fingerprint density at radius 3 is 3.00 bits per heavy atom. The molecule has 1 heterocycles. The highest BCUT2D eigenvalue weighted by Crippen LogP contribution is 2.26. The zero-order valence-electron chi connectivity index (χ0n) is 10.1. The number of fused-ring (bicyclic) bond motifs is 1. The first-order chi connectivity index (χ1) is 8.56. The Morgan fingerprint density at radius 2 is 2.33 bits per heavy atom. The van der Waals surface area contributed by atoms with Crippen LogP contribution in [0.25, 0.3) is 0 Å². The molecule has 1 aromatic carbocycles. The monoisotopic (exact) mass is 265 g/mol. The molecule has 96 valence electrons. The lowest BCUT2D eigenvalue weighted by Gasteiger charge is -2.12. The standard InChI is InChI=1S/C12H15N3O2S/c1-2-11(8-13)18(16,17)15-10-3-4-12-9(7-10)5-6-14-12/h3-4,7,11,14-15H,2,5-6H2,1H3. The predicted octanol–water partition coefficient (Wildman–Crippen LogP) is 1.70. The van der Waals surface area contributed by atoms with E-state index in [0.717, 1.165) is 24.2 Å². The molecule has 0 spiro atoms. The fraction of sp³-hybridized carbons (Fsp3) is 0.417. The molecular weight excluding hydrogens is 250 g/mol. The van der Waals surface area contributed by atoms with Gasteiger partial charge in [0.2, 0.25) is 10.0 Å². The zero-order chi connectivity index (χ0) is 13.2. The van der Waals surface area contributed by atoms with Gasteiger partial charge in [-0.05, 0) is 36.6 Å². The van der Waals surface area contributed by atoms with Crippen LogP contribution >= 0.6 is 0 Å². The maximum Gasteiger partial charge on any atom is 0.249 e. The molecule has 2 N–H and O–H groups in total. The van der Waals surface area contributed by atoms with E-state index >= 15 is 0 Å². The third-order valence-electron chi connectivity index (χ3n) is 2.96. The number of nitriles is 1. The van der Waals surface area contributed by atoms with Gasteiger partial charge in [-0.25, -0.2) is 8.42 Å². The molecule has 0 bridgehead atoms. The van der Waals surface area contributed by atoms with Crippen molar-refractivity contribution in [2.45, 2.75) is 25.0 Å². The summed E-state index contributed by atoms with van der Waals surface area (Å²) >= 11 is 0. The molecule has 0 saturated carbocycles. The smallest absolute Gasteiger partial charge is 0.249 e. The summed E-state index contributed by atoms with van der Waals surface area (Å²) in [6.45, 7) is 2.56. The van der Waals surface area contributed by atoms with Crippen LogP contribution in [-0.2, 0) is 16.4 Å². The third-order valence-corrected chi connectivity index (χ3v) is 4.67. The summed E-state index contributed by atoms with van der Waals surface area (Å²) in [6.07, 6.45) is 1.17. The summed E-state index contributed by atoms with van der Waals surface area (Å²) in [5, 5.41) is 11.0. The topological polar surface area (TPSA) is 82.0 Å². The van der Waals surface area contributed by atoms with Crippen molar-refractivity contribution in [3.05, 3.63) is 23.8 Å². The molecule has 5 nitrogen and oxygen atoms in total. The van der Waals surface area contributed by atoms with Gasteiger partial charge >= 0.3 is 0 Å². The molecule has 2 rings (SSSR count). The SMILES string of the molecule is CCC(C#N)S(=O)(=O)Nc1ccc2c(c1)CCN2. The third kappa shape index (κ3) is 2.41. The van der Waals surface area contributed by atoms with E-state index in [1.165, 1.54) is 0 Å². The molecule has 6 heteroatoms. The fourth-order valence-electron chi connectivity index (χ4n) is 1.98. The minimum Gasteiger partial charge on any atom is -0.384 e. The van der Waals surface area contributed by atoms with E-state index in [0.29, 0.717) is 5.69 Å². The molecule has 1 atom stereocenters. The summed E-state index contributed by atoms with van der Waals surface area (Å²) in [7, 11) is -3.62. The van der Waals surface area contributed by atoms with Gasteiger partial charge in [0, 0.05) is 17.9 Å². The van der Waals surface area contributed by atoms with Gasteiger partial charge in [-0.1, -0.05) is 6.92 Å². The molecule has 1 aromatic rings. The molecule has 1 unspecified atom stereocenters. The highest BCUT2D eigenvalue weighted by Gasteiger charge is 2.23. The lowest BCUT2D eigenvalue weighted by molar-refractivity contribution is 0.593. The molecular formula is C12H15N3O2S. The Labute approximate surface area is 107 Å². The molecule has 18 heavy (non-hydrogen) atoms. The van der Waals surface area contributed by atoms with Gasteiger partial charge < -0.3 is 5.32 Å². The van der Waals surface area contributed by atoms with Crippen molar-refractivity contribution >= 4 is 21.4 Å². The highest BCUT2D eigenvalue weighted by molar-refractivity contribution is 7.93. The second kappa shape index (κ2) is 4.86. The number of hydrogen-bond acceptors (Lipinski definition) is 4. The van der Waals surface area contributed by atoms with Gasteiger partial charge in [0.25, 0.3) is 0 Å². The Hall–Kier alpha value is -1.74. The number of anilines is 2. The van der Waals surface area contributed by atoms with Crippen LogP contribution in [0, 0.1) is 11.3 Å². The van der Waals surface area contributed by atoms with Crippen LogP contribution in [0.5, 0.6) is 0 Å². The van der Waals surface area contributed by atoms with E-state index in [1.54, 1.807) is 19.1 Å². The fourth-order valence-corrected chi connectivity index (χ4v) is 3.16. The number of nitrogens with zero attached hydrogens (tertiary/aromatic N) is 1. The number of rotatable bonds is 4. The first-order valence-corrected chi connectivity index (χ1v) is 7.39. The first-order valence-electron chi connectivity index (χ1n) is 5.85. The minimum atomic E-state index is -3.62. The Balaban J connectivity index is 2.22. The Bertz CT molecular complexity index is 590.